The summed E-state index contributed by atoms with van der Waals surface area (Å²) in [6, 6.07) is 2.53. The van der Waals surface area contributed by atoms with Crippen LogP contribution in [0.15, 0.2) is 12.1 Å². The third-order valence-electron chi connectivity index (χ3n) is 2.01. The van der Waals surface area contributed by atoms with Gasteiger partial charge < -0.3 is 4.74 Å². The van der Waals surface area contributed by atoms with Crippen molar-refractivity contribution >= 4 is 39.2 Å². The fourth-order valence-corrected chi connectivity index (χ4v) is 1.97. The molecule has 92 valence electrons. The van der Waals surface area contributed by atoms with Crippen LogP contribution in [0.3, 0.4) is 0 Å². The largest absolute Gasteiger partial charge is 0.462 e. The molecule has 0 heterocycles. The number of esters is 1. The number of carbonyl (C=O) groups excluding carboxylic acids is 1. The highest BCUT2D eigenvalue weighted by Crippen LogP contribution is 2.29. The Morgan fingerprint density at radius 3 is 2.71 bits per heavy atom. The molecule has 1 aromatic carbocycles. The number of rotatable bonds is 4. The Morgan fingerprint density at radius 2 is 2.24 bits per heavy atom. The number of benzene rings is 1. The third kappa shape index (κ3) is 3.17. The third-order valence-corrected chi connectivity index (χ3v) is 2.92. The van der Waals surface area contributed by atoms with Crippen LogP contribution in [0.1, 0.15) is 22.8 Å². The van der Waals surface area contributed by atoms with Crippen LogP contribution >= 0.6 is 27.5 Å². The van der Waals surface area contributed by atoms with Crippen LogP contribution in [0, 0.1) is 10.1 Å². The van der Waals surface area contributed by atoms with Gasteiger partial charge in [-0.25, -0.2) is 4.79 Å². The minimum absolute atomic E-state index is 0.00232. The molecule has 0 aliphatic rings. The van der Waals surface area contributed by atoms with E-state index in [4.69, 9.17) is 16.3 Å². The first-order valence-corrected chi connectivity index (χ1v) is 6.21. The highest BCUT2D eigenvalue weighted by molar-refractivity contribution is 9.08. The molecule has 0 unspecified atom stereocenters. The quantitative estimate of drug-likeness (QED) is 0.369. The van der Waals surface area contributed by atoms with Gasteiger partial charge >= 0.3 is 5.97 Å². The summed E-state index contributed by atoms with van der Waals surface area (Å²) >= 11 is 8.93. The average molecular weight is 323 g/mol. The zero-order valence-corrected chi connectivity index (χ0v) is 11.2. The number of nitrogens with zero attached hydrogens (tertiary/aromatic N) is 1. The van der Waals surface area contributed by atoms with Crippen molar-refractivity contribution in [2.75, 3.05) is 6.61 Å². The molecule has 0 atom stereocenters. The second-order valence-corrected chi connectivity index (χ2v) is 4.04. The van der Waals surface area contributed by atoms with Crippen molar-refractivity contribution in [3.63, 3.8) is 0 Å². The molecule has 0 N–H and O–H groups in total. The minimum atomic E-state index is -0.636. The summed E-state index contributed by atoms with van der Waals surface area (Å²) in [5.74, 6) is -0.596. The van der Waals surface area contributed by atoms with Crippen LogP contribution in [0.25, 0.3) is 0 Å². The van der Waals surface area contributed by atoms with Gasteiger partial charge in [-0.2, -0.15) is 0 Å². The molecule has 0 spiro atoms. The van der Waals surface area contributed by atoms with Crippen molar-refractivity contribution in [3.05, 3.63) is 38.4 Å². The molecule has 0 aliphatic heterocycles. The number of nitro groups is 1. The van der Waals surface area contributed by atoms with E-state index in [1.54, 1.807) is 6.92 Å². The number of hydrogen-bond donors (Lipinski definition) is 0. The predicted molar refractivity (Wildman–Crippen MR) is 66.7 cm³/mol. The summed E-state index contributed by atoms with van der Waals surface area (Å²) in [6.07, 6.45) is 0. The van der Waals surface area contributed by atoms with Crippen molar-refractivity contribution in [2.45, 2.75) is 12.3 Å². The van der Waals surface area contributed by atoms with E-state index in [1.165, 1.54) is 6.07 Å². The van der Waals surface area contributed by atoms with Gasteiger partial charge in [-0.05, 0) is 18.6 Å². The normalized spacial score (nSPS) is 10.1. The molecule has 1 aromatic rings. The van der Waals surface area contributed by atoms with E-state index in [2.05, 4.69) is 15.9 Å². The van der Waals surface area contributed by atoms with Gasteiger partial charge in [0.05, 0.1) is 17.1 Å². The van der Waals surface area contributed by atoms with Crippen LogP contribution in [-0.2, 0) is 10.1 Å². The Hall–Kier alpha value is -1.14. The van der Waals surface area contributed by atoms with E-state index in [-0.39, 0.29) is 22.9 Å². The number of hydrogen-bond acceptors (Lipinski definition) is 4. The number of ether oxygens (including phenoxy) is 1. The summed E-state index contributed by atoms with van der Waals surface area (Å²) in [5, 5.41) is 11.1. The maximum atomic E-state index is 11.6. The smallest absolute Gasteiger partial charge is 0.338 e. The van der Waals surface area contributed by atoms with Gasteiger partial charge in [0.1, 0.15) is 5.02 Å². The lowest BCUT2D eigenvalue weighted by molar-refractivity contribution is -0.384. The highest BCUT2D eigenvalue weighted by Gasteiger charge is 2.21. The standard InChI is InChI=1S/C10H9BrClNO4/c1-2-17-10(14)7-4-9(13(15)16)8(12)3-6(7)5-11/h3-4H,2,5H2,1H3. The lowest BCUT2D eigenvalue weighted by Crippen LogP contribution is -2.08. The van der Waals surface area contributed by atoms with E-state index in [0.717, 1.165) is 6.07 Å². The first-order valence-electron chi connectivity index (χ1n) is 4.71. The molecule has 0 saturated carbocycles. The average Bonchev–Trinajstić information content (AvgIpc) is 2.28. The lowest BCUT2D eigenvalue weighted by atomic mass is 10.1. The Labute approximate surface area is 111 Å². The monoisotopic (exact) mass is 321 g/mol. The van der Waals surface area contributed by atoms with Crippen LogP contribution in [-0.4, -0.2) is 17.5 Å². The molecule has 5 nitrogen and oxygen atoms in total. The Kier molecular flexibility index (Phi) is 4.89. The Bertz CT molecular complexity index is 464. The first kappa shape index (κ1) is 13.9. The van der Waals surface area contributed by atoms with E-state index in [9.17, 15) is 14.9 Å². The van der Waals surface area contributed by atoms with Gasteiger partial charge in [-0.1, -0.05) is 27.5 Å². The SMILES string of the molecule is CCOC(=O)c1cc([N+](=O)[O-])c(Cl)cc1CBr. The minimum Gasteiger partial charge on any atom is -0.462 e. The van der Waals surface area contributed by atoms with E-state index in [0.29, 0.717) is 10.9 Å². The van der Waals surface area contributed by atoms with Gasteiger partial charge in [-0.15, -0.1) is 0 Å². The molecule has 0 amide bonds. The van der Waals surface area contributed by atoms with Crippen LogP contribution in [0.4, 0.5) is 5.69 Å². The maximum Gasteiger partial charge on any atom is 0.338 e. The number of halogens is 2. The second kappa shape index (κ2) is 5.97. The molecular formula is C10H9BrClNO4. The topological polar surface area (TPSA) is 69.4 Å². The van der Waals surface area contributed by atoms with Crippen molar-refractivity contribution in [1.82, 2.24) is 0 Å². The maximum absolute atomic E-state index is 11.6. The molecular weight excluding hydrogens is 313 g/mol. The van der Waals surface area contributed by atoms with E-state index >= 15 is 0 Å². The Balaban J connectivity index is 3.31. The van der Waals surface area contributed by atoms with Gasteiger partial charge in [0.2, 0.25) is 0 Å². The molecule has 0 saturated heterocycles. The second-order valence-electron chi connectivity index (χ2n) is 3.07. The molecule has 17 heavy (non-hydrogen) atoms. The molecule has 0 aliphatic carbocycles. The summed E-state index contributed by atoms with van der Waals surface area (Å²) in [6.45, 7) is 1.87. The molecule has 0 fully saturated rings. The highest BCUT2D eigenvalue weighted by atomic mass is 79.9. The number of alkyl halides is 1. The van der Waals surface area contributed by atoms with Crippen molar-refractivity contribution < 1.29 is 14.5 Å². The lowest BCUT2D eigenvalue weighted by Gasteiger charge is -2.07. The van der Waals surface area contributed by atoms with Crippen LogP contribution in [0.2, 0.25) is 5.02 Å². The summed E-state index contributed by atoms with van der Waals surface area (Å²) in [7, 11) is 0. The zero-order valence-electron chi connectivity index (χ0n) is 8.91. The fraction of sp³-hybridized carbons (Fsp3) is 0.300. The van der Waals surface area contributed by atoms with E-state index < -0.39 is 10.9 Å². The first-order chi connectivity index (χ1) is 8.01. The summed E-state index contributed by atoms with van der Waals surface area (Å²) < 4.78 is 4.82. The van der Waals surface area contributed by atoms with Crippen LogP contribution in [0.5, 0.6) is 0 Å². The predicted octanol–water partition coefficient (Wildman–Crippen LogP) is 3.32. The molecule has 0 radical (unpaired) electrons. The molecule has 0 bridgehead atoms. The van der Waals surface area contributed by atoms with Gasteiger partial charge in [0, 0.05) is 11.4 Å². The van der Waals surface area contributed by atoms with Gasteiger partial charge in [0.15, 0.2) is 0 Å². The molecule has 0 aromatic heterocycles. The number of nitro benzene ring substituents is 1. The molecule has 1 rings (SSSR count). The van der Waals surface area contributed by atoms with Gasteiger partial charge in [0.25, 0.3) is 5.69 Å². The van der Waals surface area contributed by atoms with Crippen molar-refractivity contribution in [2.24, 2.45) is 0 Å². The summed E-state index contributed by atoms with van der Waals surface area (Å²) in [4.78, 5) is 21.7. The molecule has 7 heteroatoms. The number of carbonyl (C=O) groups is 1. The zero-order chi connectivity index (χ0) is 13.0. The van der Waals surface area contributed by atoms with Crippen molar-refractivity contribution in [1.29, 1.82) is 0 Å². The van der Waals surface area contributed by atoms with Crippen LogP contribution < -0.4 is 0 Å². The van der Waals surface area contributed by atoms with Gasteiger partial charge in [-0.3, -0.25) is 10.1 Å². The fourth-order valence-electron chi connectivity index (χ4n) is 1.25. The van der Waals surface area contributed by atoms with Crippen molar-refractivity contribution in [3.8, 4) is 0 Å². The van der Waals surface area contributed by atoms with E-state index in [1.807, 2.05) is 0 Å². The summed E-state index contributed by atoms with van der Waals surface area (Å²) in [5.41, 5.74) is 0.401. The Morgan fingerprint density at radius 1 is 1.59 bits per heavy atom.